The van der Waals surface area contributed by atoms with E-state index >= 15 is 0 Å². The lowest BCUT2D eigenvalue weighted by Crippen LogP contribution is -2.37. The second-order valence-electron chi connectivity index (χ2n) is 6.08. The molecule has 152 valence electrons. The van der Waals surface area contributed by atoms with Gasteiger partial charge in [0.2, 0.25) is 0 Å². The standard InChI is InChI=1S/C18H20ClF3N4O2/c19-16-3-2-14(10-15(16)18(20,21)22)25-17(27)13(11-23)12-24-4-1-5-26-6-8-28-9-7-26/h2-3,10,12,24H,1,4-9H2,(H,25,27)/b13-12-. The third kappa shape index (κ3) is 6.71. The lowest BCUT2D eigenvalue weighted by Gasteiger charge is -2.26. The molecule has 0 aromatic heterocycles. The number of amides is 1. The molecule has 1 aliphatic heterocycles. The zero-order valence-corrected chi connectivity index (χ0v) is 15.7. The SMILES string of the molecule is N#C/C(=C/NCCCN1CCOCC1)C(=O)Nc1ccc(Cl)c(C(F)(F)F)c1. The molecule has 1 aromatic carbocycles. The predicted octanol–water partition coefficient (Wildman–Crippen LogP) is 3.02. The van der Waals surface area contributed by atoms with Crippen LogP contribution in [0.5, 0.6) is 0 Å². The van der Waals surface area contributed by atoms with Crippen molar-refractivity contribution in [2.45, 2.75) is 12.6 Å². The van der Waals surface area contributed by atoms with Gasteiger partial charge < -0.3 is 15.4 Å². The van der Waals surface area contributed by atoms with Gasteiger partial charge in [-0.3, -0.25) is 9.69 Å². The number of anilines is 1. The fourth-order valence-corrected chi connectivity index (χ4v) is 2.80. The summed E-state index contributed by atoms with van der Waals surface area (Å²) in [6.07, 6.45) is -2.58. The molecule has 6 nitrogen and oxygen atoms in total. The Bertz CT molecular complexity index is 756. The number of alkyl halides is 3. The lowest BCUT2D eigenvalue weighted by molar-refractivity contribution is -0.137. The predicted molar refractivity (Wildman–Crippen MR) is 98.7 cm³/mol. The zero-order chi connectivity index (χ0) is 20.6. The molecule has 2 rings (SSSR count). The van der Waals surface area contributed by atoms with Gasteiger partial charge in [0.25, 0.3) is 5.91 Å². The summed E-state index contributed by atoms with van der Waals surface area (Å²) in [5.41, 5.74) is -1.40. The summed E-state index contributed by atoms with van der Waals surface area (Å²) in [6.45, 7) is 4.60. The van der Waals surface area contributed by atoms with Gasteiger partial charge in [0.15, 0.2) is 0 Å². The van der Waals surface area contributed by atoms with E-state index in [0.29, 0.717) is 19.8 Å². The van der Waals surface area contributed by atoms with E-state index < -0.39 is 22.7 Å². The number of ether oxygens (including phenoxy) is 1. The molecule has 1 fully saturated rings. The number of nitrogens with one attached hydrogen (secondary N) is 2. The first-order chi connectivity index (χ1) is 13.3. The van der Waals surface area contributed by atoms with Gasteiger partial charge in [-0.05, 0) is 31.2 Å². The van der Waals surface area contributed by atoms with Crippen LogP contribution in [0, 0.1) is 11.3 Å². The van der Waals surface area contributed by atoms with Crippen LogP contribution in [0.1, 0.15) is 12.0 Å². The molecule has 2 N–H and O–H groups in total. The number of morpholine rings is 1. The molecule has 28 heavy (non-hydrogen) atoms. The van der Waals surface area contributed by atoms with Gasteiger partial charge in [0.05, 0.1) is 23.8 Å². The highest BCUT2D eigenvalue weighted by Gasteiger charge is 2.33. The minimum atomic E-state index is -4.65. The summed E-state index contributed by atoms with van der Waals surface area (Å²) in [6, 6.07) is 4.73. The smallest absolute Gasteiger partial charge is 0.390 e. The number of hydrogen-bond acceptors (Lipinski definition) is 5. The number of hydrogen-bond donors (Lipinski definition) is 2. The van der Waals surface area contributed by atoms with Gasteiger partial charge in [-0.25, -0.2) is 0 Å². The van der Waals surface area contributed by atoms with Gasteiger partial charge in [0.1, 0.15) is 11.6 Å². The van der Waals surface area contributed by atoms with Crippen molar-refractivity contribution in [1.29, 1.82) is 5.26 Å². The average molecular weight is 417 g/mol. The van der Waals surface area contributed by atoms with Gasteiger partial charge in [0, 0.05) is 31.5 Å². The molecule has 1 aliphatic rings. The van der Waals surface area contributed by atoms with Crippen LogP contribution in [0.4, 0.5) is 18.9 Å². The van der Waals surface area contributed by atoms with Crippen LogP contribution in [0.15, 0.2) is 30.0 Å². The molecule has 0 aliphatic carbocycles. The van der Waals surface area contributed by atoms with Crippen molar-refractivity contribution in [2.75, 3.05) is 44.7 Å². The average Bonchev–Trinajstić information content (AvgIpc) is 2.66. The summed E-state index contributed by atoms with van der Waals surface area (Å²) in [4.78, 5) is 14.4. The molecule has 0 spiro atoms. The maximum Gasteiger partial charge on any atom is 0.417 e. The Hall–Kier alpha value is -2.28. The number of benzene rings is 1. The maximum atomic E-state index is 12.9. The Morgan fingerprint density at radius 3 is 2.71 bits per heavy atom. The molecule has 1 heterocycles. The van der Waals surface area contributed by atoms with Gasteiger partial charge in [-0.2, -0.15) is 18.4 Å². The summed E-state index contributed by atoms with van der Waals surface area (Å²) in [5, 5.41) is 13.8. The van der Waals surface area contributed by atoms with Gasteiger partial charge in [-0.15, -0.1) is 0 Å². The molecule has 0 radical (unpaired) electrons. The third-order valence-electron chi connectivity index (χ3n) is 4.04. The Kier molecular flexibility index (Phi) is 8.11. The quantitative estimate of drug-likeness (QED) is 0.406. The number of carbonyl (C=O) groups excluding carboxylic acids is 1. The highest BCUT2D eigenvalue weighted by Crippen LogP contribution is 2.36. The maximum absolute atomic E-state index is 12.9. The Balaban J connectivity index is 1.87. The summed E-state index contributed by atoms with van der Waals surface area (Å²) >= 11 is 5.54. The fourth-order valence-electron chi connectivity index (χ4n) is 2.57. The minimum absolute atomic E-state index is 0.102. The van der Waals surface area contributed by atoms with Crippen molar-refractivity contribution in [3.8, 4) is 6.07 Å². The molecule has 0 saturated carbocycles. The first-order valence-electron chi connectivity index (χ1n) is 8.63. The van der Waals surface area contributed by atoms with Gasteiger partial charge >= 0.3 is 6.18 Å². The highest BCUT2D eigenvalue weighted by atomic mass is 35.5. The number of nitrogens with zero attached hydrogens (tertiary/aromatic N) is 2. The molecule has 1 aromatic rings. The molecular weight excluding hydrogens is 397 g/mol. The van der Waals surface area contributed by atoms with Crippen LogP contribution in [0.2, 0.25) is 5.02 Å². The van der Waals surface area contributed by atoms with E-state index in [-0.39, 0.29) is 11.3 Å². The number of rotatable bonds is 7. The normalized spacial score (nSPS) is 15.8. The topological polar surface area (TPSA) is 77.4 Å². The first-order valence-corrected chi connectivity index (χ1v) is 9.01. The van der Waals surface area contributed by atoms with Crippen LogP contribution < -0.4 is 10.6 Å². The van der Waals surface area contributed by atoms with Crippen molar-refractivity contribution in [3.63, 3.8) is 0 Å². The first kappa shape index (κ1) is 22.0. The third-order valence-corrected chi connectivity index (χ3v) is 4.37. The number of halogens is 4. The monoisotopic (exact) mass is 416 g/mol. The largest absolute Gasteiger partial charge is 0.417 e. The lowest BCUT2D eigenvalue weighted by atomic mass is 10.2. The Labute approximate surface area is 165 Å². The Morgan fingerprint density at radius 1 is 1.36 bits per heavy atom. The van der Waals surface area contributed by atoms with Crippen LogP contribution >= 0.6 is 11.6 Å². The van der Waals surface area contributed by atoms with Crippen molar-refractivity contribution in [1.82, 2.24) is 10.2 Å². The van der Waals surface area contributed by atoms with Crippen LogP contribution in [-0.2, 0) is 15.7 Å². The second-order valence-corrected chi connectivity index (χ2v) is 6.49. The summed E-state index contributed by atoms with van der Waals surface area (Å²) in [5.74, 6) is -0.807. The van der Waals surface area contributed by atoms with Crippen molar-refractivity contribution in [3.05, 3.63) is 40.6 Å². The van der Waals surface area contributed by atoms with E-state index in [4.69, 9.17) is 21.6 Å². The van der Waals surface area contributed by atoms with Crippen LogP contribution in [0.25, 0.3) is 0 Å². The van der Waals surface area contributed by atoms with Crippen molar-refractivity contribution in [2.24, 2.45) is 0 Å². The van der Waals surface area contributed by atoms with Crippen LogP contribution in [-0.4, -0.2) is 50.2 Å². The minimum Gasteiger partial charge on any atom is -0.390 e. The van der Waals surface area contributed by atoms with E-state index in [1.54, 1.807) is 6.07 Å². The second kappa shape index (κ2) is 10.3. The van der Waals surface area contributed by atoms with Crippen molar-refractivity contribution >= 4 is 23.2 Å². The van der Waals surface area contributed by atoms with E-state index in [1.165, 1.54) is 12.3 Å². The van der Waals surface area contributed by atoms with E-state index in [9.17, 15) is 18.0 Å². The summed E-state index contributed by atoms with van der Waals surface area (Å²) in [7, 11) is 0. The molecule has 1 amide bonds. The fraction of sp³-hybridized carbons (Fsp3) is 0.444. The van der Waals surface area contributed by atoms with Crippen molar-refractivity contribution < 1.29 is 22.7 Å². The number of nitriles is 1. The molecule has 0 bridgehead atoms. The van der Waals surface area contributed by atoms with E-state index in [0.717, 1.165) is 38.2 Å². The molecule has 0 unspecified atom stereocenters. The summed E-state index contributed by atoms with van der Waals surface area (Å²) < 4.78 is 43.9. The number of carbonyl (C=O) groups is 1. The molecular formula is C18H20ClF3N4O2. The van der Waals surface area contributed by atoms with Gasteiger partial charge in [-0.1, -0.05) is 11.6 Å². The highest BCUT2D eigenvalue weighted by molar-refractivity contribution is 6.31. The molecule has 1 saturated heterocycles. The van der Waals surface area contributed by atoms with E-state index in [2.05, 4.69) is 15.5 Å². The van der Waals surface area contributed by atoms with E-state index in [1.807, 2.05) is 0 Å². The zero-order valence-electron chi connectivity index (χ0n) is 15.0. The Morgan fingerprint density at radius 2 is 2.07 bits per heavy atom. The molecule has 10 heteroatoms. The molecule has 0 atom stereocenters. The van der Waals surface area contributed by atoms with Crippen LogP contribution in [0.3, 0.4) is 0 Å².